The summed E-state index contributed by atoms with van der Waals surface area (Å²) in [7, 11) is 2.06. The molecule has 0 atom stereocenters. The minimum absolute atomic E-state index is 0.325. The van der Waals surface area contributed by atoms with Crippen LogP contribution in [-0.4, -0.2) is 34.7 Å². The fourth-order valence-electron chi connectivity index (χ4n) is 2.06. The monoisotopic (exact) mass is 285 g/mol. The normalized spacial score (nSPS) is 10.8. The van der Waals surface area contributed by atoms with Crippen LogP contribution >= 0.6 is 0 Å². The van der Waals surface area contributed by atoms with Crippen LogP contribution in [0.15, 0.2) is 24.8 Å². The van der Waals surface area contributed by atoms with Gasteiger partial charge >= 0.3 is 11.9 Å². The number of nitrogens with one attached hydrogen (secondary N) is 1. The van der Waals surface area contributed by atoms with E-state index in [2.05, 4.69) is 32.8 Å². The zero-order valence-corrected chi connectivity index (χ0v) is 12.7. The zero-order valence-electron chi connectivity index (χ0n) is 12.7. The molecule has 0 aromatic carbocycles. The van der Waals surface area contributed by atoms with E-state index in [9.17, 15) is 9.59 Å². The van der Waals surface area contributed by atoms with Gasteiger partial charge in [0, 0.05) is 17.7 Å². The maximum Gasteiger partial charge on any atom is 0.328 e. The van der Waals surface area contributed by atoms with E-state index in [0.717, 1.165) is 6.42 Å². The lowest BCUT2D eigenvalue weighted by molar-refractivity contribution is -0.134. The van der Waals surface area contributed by atoms with E-state index in [1.165, 1.54) is 25.7 Å². The van der Waals surface area contributed by atoms with E-state index < -0.39 is 11.9 Å². The molecule has 0 rings (SSSR count). The first-order chi connectivity index (χ1) is 9.37. The molecule has 5 heteroatoms. The van der Waals surface area contributed by atoms with Crippen molar-refractivity contribution in [3.05, 3.63) is 24.8 Å². The van der Waals surface area contributed by atoms with Gasteiger partial charge in [-0.3, -0.25) is 0 Å². The summed E-state index contributed by atoms with van der Waals surface area (Å²) >= 11 is 0. The highest BCUT2D eigenvalue weighted by Crippen LogP contribution is 2.23. The van der Waals surface area contributed by atoms with Crippen LogP contribution in [0.25, 0.3) is 0 Å². The summed E-state index contributed by atoms with van der Waals surface area (Å²) in [6, 6.07) is 0. The molecule has 0 fully saturated rings. The quantitative estimate of drug-likeness (QED) is 0.448. The average molecular weight is 285 g/mol. The van der Waals surface area contributed by atoms with Gasteiger partial charge in [0.15, 0.2) is 0 Å². The molecular weight excluding hydrogens is 258 g/mol. The Bertz CT molecular complexity index is 302. The molecule has 0 saturated heterocycles. The number of carboxylic acid groups (broad SMARTS) is 2. The van der Waals surface area contributed by atoms with Gasteiger partial charge in [0.25, 0.3) is 0 Å². The molecule has 0 aliphatic carbocycles. The van der Waals surface area contributed by atoms with E-state index >= 15 is 0 Å². The predicted molar refractivity (Wildman–Crippen MR) is 80.8 cm³/mol. The first-order valence-corrected chi connectivity index (χ1v) is 6.81. The van der Waals surface area contributed by atoms with Crippen molar-refractivity contribution in [2.24, 2.45) is 0 Å². The molecule has 0 aromatic rings. The van der Waals surface area contributed by atoms with Crippen molar-refractivity contribution < 1.29 is 19.8 Å². The molecule has 0 aromatic heterocycles. The average Bonchev–Trinajstić information content (AvgIpc) is 2.38. The second-order valence-electron chi connectivity index (χ2n) is 4.53. The fourth-order valence-corrected chi connectivity index (χ4v) is 2.06. The molecule has 3 N–H and O–H groups in total. The largest absolute Gasteiger partial charge is 0.478 e. The van der Waals surface area contributed by atoms with Gasteiger partial charge < -0.3 is 15.5 Å². The molecule has 0 radical (unpaired) electrons. The van der Waals surface area contributed by atoms with Crippen molar-refractivity contribution in [1.82, 2.24) is 5.32 Å². The molecule has 0 bridgehead atoms. The lowest BCUT2D eigenvalue weighted by Gasteiger charge is -2.32. The van der Waals surface area contributed by atoms with Crippen molar-refractivity contribution in [3.63, 3.8) is 0 Å². The van der Waals surface area contributed by atoms with Crippen molar-refractivity contribution in [3.8, 4) is 0 Å². The Labute approximate surface area is 121 Å². The Morgan fingerprint density at radius 2 is 1.50 bits per heavy atom. The summed E-state index contributed by atoms with van der Waals surface area (Å²) in [6.07, 6.45) is 9.23. The molecular formula is C15H27NO4. The van der Waals surface area contributed by atoms with Gasteiger partial charge in [0.2, 0.25) is 0 Å². The Morgan fingerprint density at radius 1 is 1.10 bits per heavy atom. The summed E-state index contributed by atoms with van der Waals surface area (Å²) in [5, 5.41) is 19.1. The maximum atomic E-state index is 9.55. The third kappa shape index (κ3) is 11.5. The number of hydrogen-bond donors (Lipinski definition) is 3. The fraction of sp³-hybridized carbons (Fsp3) is 0.600. The van der Waals surface area contributed by atoms with Crippen molar-refractivity contribution >= 4 is 11.9 Å². The first-order valence-electron chi connectivity index (χ1n) is 6.81. The smallest absolute Gasteiger partial charge is 0.328 e. The first kappa shape index (κ1) is 20.7. The van der Waals surface area contributed by atoms with E-state index in [1.54, 1.807) is 0 Å². The molecule has 20 heavy (non-hydrogen) atoms. The Kier molecular flexibility index (Phi) is 12.8. The third-order valence-corrected chi connectivity index (χ3v) is 2.89. The van der Waals surface area contributed by atoms with Crippen LogP contribution in [0.3, 0.4) is 0 Å². The van der Waals surface area contributed by atoms with Crippen molar-refractivity contribution in [2.75, 3.05) is 7.05 Å². The number of aliphatic carboxylic acids is 2. The van der Waals surface area contributed by atoms with Gasteiger partial charge in [0.05, 0.1) is 0 Å². The van der Waals surface area contributed by atoms with Gasteiger partial charge in [-0.25, -0.2) is 9.59 Å². The molecule has 5 nitrogen and oxygen atoms in total. The highest BCUT2D eigenvalue weighted by Gasteiger charge is 2.23. The lowest BCUT2D eigenvalue weighted by Crippen LogP contribution is -2.42. The molecule has 0 aliphatic rings. The number of carbonyl (C=O) groups is 2. The van der Waals surface area contributed by atoms with Gasteiger partial charge in [-0.05, 0) is 26.3 Å². The molecule has 0 unspecified atom stereocenters. The van der Waals surface area contributed by atoms with Gasteiger partial charge in [-0.2, -0.15) is 0 Å². The van der Waals surface area contributed by atoms with Gasteiger partial charge in [0.1, 0.15) is 0 Å². The van der Waals surface area contributed by atoms with Crippen molar-refractivity contribution in [1.29, 1.82) is 0 Å². The van der Waals surface area contributed by atoms with E-state index in [0.29, 0.717) is 17.7 Å². The second kappa shape index (κ2) is 12.4. The molecule has 0 saturated carbocycles. The maximum absolute atomic E-state index is 9.55. The van der Waals surface area contributed by atoms with Crippen LogP contribution in [0.2, 0.25) is 0 Å². The SMILES string of the molecule is C=CCC(CCC)(CCC)NC.O=C(O)C=CC(=O)O. The van der Waals surface area contributed by atoms with Crippen LogP contribution in [0.1, 0.15) is 46.0 Å². The number of rotatable bonds is 9. The number of hydrogen-bond acceptors (Lipinski definition) is 3. The third-order valence-electron chi connectivity index (χ3n) is 2.89. The standard InChI is InChI=1S/C11H23N.C4H4O4/c1-5-8-11(12-4,9-6-2)10-7-3;5-3(6)1-2-4(7)8/h5,12H,1,6-10H2,2-4H3;1-2H,(H,5,6)(H,7,8). The summed E-state index contributed by atoms with van der Waals surface area (Å²) in [4.78, 5) is 19.1. The van der Waals surface area contributed by atoms with Crippen LogP contribution in [0, 0.1) is 0 Å². The van der Waals surface area contributed by atoms with Crippen LogP contribution in [-0.2, 0) is 9.59 Å². The van der Waals surface area contributed by atoms with Crippen molar-refractivity contribution in [2.45, 2.75) is 51.5 Å². The zero-order chi connectivity index (χ0) is 16.0. The molecule has 0 heterocycles. The number of carboxylic acids is 2. The molecule has 0 spiro atoms. The summed E-state index contributed by atoms with van der Waals surface area (Å²) in [5.41, 5.74) is 0.325. The molecule has 116 valence electrons. The summed E-state index contributed by atoms with van der Waals surface area (Å²) < 4.78 is 0. The molecule has 0 amide bonds. The lowest BCUT2D eigenvalue weighted by atomic mass is 9.85. The Hall–Kier alpha value is -1.62. The summed E-state index contributed by atoms with van der Waals surface area (Å²) in [5.74, 6) is -2.51. The summed E-state index contributed by atoms with van der Waals surface area (Å²) in [6.45, 7) is 8.30. The molecule has 0 aliphatic heterocycles. The van der Waals surface area contributed by atoms with E-state index in [4.69, 9.17) is 10.2 Å². The topological polar surface area (TPSA) is 86.6 Å². The second-order valence-corrected chi connectivity index (χ2v) is 4.53. The predicted octanol–water partition coefficient (Wildman–Crippen LogP) is 2.83. The van der Waals surface area contributed by atoms with Crippen LogP contribution in [0.4, 0.5) is 0 Å². The van der Waals surface area contributed by atoms with Crippen LogP contribution in [0.5, 0.6) is 0 Å². The van der Waals surface area contributed by atoms with Crippen LogP contribution < -0.4 is 5.32 Å². The van der Waals surface area contributed by atoms with Gasteiger partial charge in [-0.15, -0.1) is 6.58 Å². The van der Waals surface area contributed by atoms with E-state index in [-0.39, 0.29) is 0 Å². The Balaban J connectivity index is 0. The Morgan fingerprint density at radius 3 is 1.70 bits per heavy atom. The highest BCUT2D eigenvalue weighted by atomic mass is 16.4. The minimum atomic E-state index is -1.26. The van der Waals surface area contributed by atoms with Gasteiger partial charge in [-0.1, -0.05) is 32.8 Å². The highest BCUT2D eigenvalue weighted by molar-refractivity contribution is 5.89. The minimum Gasteiger partial charge on any atom is -0.478 e. The van der Waals surface area contributed by atoms with E-state index in [1.807, 2.05) is 6.08 Å².